The molecule has 0 saturated heterocycles. The predicted molar refractivity (Wildman–Crippen MR) is 91.5 cm³/mol. The Hall–Kier alpha value is -2.91. The van der Waals surface area contributed by atoms with Crippen LogP contribution in [0.5, 0.6) is 5.75 Å². The number of hydrogen-bond acceptors (Lipinski definition) is 5. The van der Waals surface area contributed by atoms with Crippen molar-refractivity contribution in [1.82, 2.24) is 19.6 Å². The van der Waals surface area contributed by atoms with Crippen LogP contribution in [0.1, 0.15) is 10.5 Å². The van der Waals surface area contributed by atoms with Crippen molar-refractivity contribution in [2.24, 2.45) is 0 Å². The molecule has 0 atom stereocenters. The van der Waals surface area contributed by atoms with Gasteiger partial charge in [-0.15, -0.1) is 0 Å². The van der Waals surface area contributed by atoms with Gasteiger partial charge < -0.3 is 14.8 Å². The van der Waals surface area contributed by atoms with Gasteiger partial charge in [0.1, 0.15) is 18.3 Å². The maximum absolute atomic E-state index is 13.1. The molecule has 0 saturated carbocycles. The Kier molecular flexibility index (Phi) is 5.49. The van der Waals surface area contributed by atoms with Crippen LogP contribution in [0.15, 0.2) is 42.9 Å². The molecular weight excluding hydrogens is 365 g/mol. The van der Waals surface area contributed by atoms with Crippen LogP contribution in [0.3, 0.4) is 0 Å². The lowest BCUT2D eigenvalue weighted by atomic mass is 10.3. The third kappa shape index (κ3) is 4.38. The standard InChI is InChI=1S/C16H15ClFN5O3/c1-25-9-23-8-11(7-19-23)20-16(24)15-4-5-22(21-15)10-26-12-2-3-14(18)13(17)6-12/h2-8H,9-10H2,1H3,(H,20,24). The van der Waals surface area contributed by atoms with Crippen LogP contribution >= 0.6 is 11.6 Å². The van der Waals surface area contributed by atoms with Crippen molar-refractivity contribution >= 4 is 23.2 Å². The highest BCUT2D eigenvalue weighted by Gasteiger charge is 2.11. The van der Waals surface area contributed by atoms with Gasteiger partial charge in [-0.05, 0) is 18.2 Å². The van der Waals surface area contributed by atoms with Crippen LogP contribution in [0.4, 0.5) is 10.1 Å². The van der Waals surface area contributed by atoms with E-state index < -0.39 is 5.82 Å². The quantitative estimate of drug-likeness (QED) is 0.682. The van der Waals surface area contributed by atoms with Crippen molar-refractivity contribution in [3.63, 3.8) is 0 Å². The smallest absolute Gasteiger partial charge is 0.276 e. The average Bonchev–Trinajstić information content (AvgIpc) is 3.26. The predicted octanol–water partition coefficient (Wildman–Crippen LogP) is 2.76. The zero-order chi connectivity index (χ0) is 18.5. The zero-order valence-electron chi connectivity index (χ0n) is 13.7. The van der Waals surface area contributed by atoms with E-state index in [1.165, 1.54) is 33.8 Å². The molecule has 0 aliphatic rings. The number of carbonyl (C=O) groups is 1. The maximum Gasteiger partial charge on any atom is 0.276 e. The van der Waals surface area contributed by atoms with E-state index in [1.807, 2.05) is 0 Å². The fourth-order valence-electron chi connectivity index (χ4n) is 2.09. The van der Waals surface area contributed by atoms with Gasteiger partial charge in [0.2, 0.25) is 0 Å². The first-order valence-corrected chi connectivity index (χ1v) is 7.87. The van der Waals surface area contributed by atoms with Crippen molar-refractivity contribution in [2.45, 2.75) is 13.5 Å². The van der Waals surface area contributed by atoms with E-state index in [-0.39, 0.29) is 30.1 Å². The van der Waals surface area contributed by atoms with E-state index in [4.69, 9.17) is 21.1 Å². The number of ether oxygens (including phenoxy) is 2. The Bertz CT molecular complexity index is 911. The summed E-state index contributed by atoms with van der Waals surface area (Å²) in [5.41, 5.74) is 0.740. The maximum atomic E-state index is 13.1. The van der Waals surface area contributed by atoms with Gasteiger partial charge in [-0.25, -0.2) is 13.8 Å². The van der Waals surface area contributed by atoms with E-state index in [0.29, 0.717) is 11.4 Å². The first kappa shape index (κ1) is 17.9. The second kappa shape index (κ2) is 7.98. The lowest BCUT2D eigenvalue weighted by molar-refractivity contribution is 0.102. The number of rotatable bonds is 7. The van der Waals surface area contributed by atoms with Crippen molar-refractivity contribution in [1.29, 1.82) is 0 Å². The average molecular weight is 380 g/mol. The zero-order valence-corrected chi connectivity index (χ0v) is 14.5. The summed E-state index contributed by atoms with van der Waals surface area (Å²) in [5.74, 6) is -0.514. The summed E-state index contributed by atoms with van der Waals surface area (Å²) in [6.07, 6.45) is 4.74. The van der Waals surface area contributed by atoms with Gasteiger partial charge in [0.25, 0.3) is 5.91 Å². The molecule has 0 unspecified atom stereocenters. The second-order valence-electron chi connectivity index (χ2n) is 5.23. The molecule has 0 radical (unpaired) electrons. The molecule has 1 N–H and O–H groups in total. The van der Waals surface area contributed by atoms with Crippen molar-refractivity contribution in [3.8, 4) is 5.75 Å². The highest BCUT2D eigenvalue weighted by Crippen LogP contribution is 2.21. The number of nitrogens with zero attached hydrogens (tertiary/aromatic N) is 4. The summed E-state index contributed by atoms with van der Waals surface area (Å²) in [5, 5.41) is 10.8. The normalized spacial score (nSPS) is 10.7. The van der Waals surface area contributed by atoms with Crippen LogP contribution in [0.2, 0.25) is 5.02 Å². The molecule has 26 heavy (non-hydrogen) atoms. The molecular formula is C16H15ClFN5O3. The van der Waals surface area contributed by atoms with Gasteiger partial charge in [-0.2, -0.15) is 10.2 Å². The second-order valence-corrected chi connectivity index (χ2v) is 5.64. The van der Waals surface area contributed by atoms with E-state index >= 15 is 0 Å². The Morgan fingerprint density at radius 2 is 2.15 bits per heavy atom. The number of halogens is 2. The molecule has 1 amide bonds. The van der Waals surface area contributed by atoms with Gasteiger partial charge in [0.05, 0.1) is 23.1 Å². The van der Waals surface area contributed by atoms with Gasteiger partial charge in [0, 0.05) is 19.4 Å². The SMILES string of the molecule is COCn1cc(NC(=O)c2ccn(COc3ccc(F)c(Cl)c3)n2)cn1. The number of aromatic nitrogens is 4. The molecule has 3 aromatic rings. The largest absolute Gasteiger partial charge is 0.471 e. The fraction of sp³-hybridized carbons (Fsp3) is 0.188. The minimum absolute atomic E-state index is 0.0305. The summed E-state index contributed by atoms with van der Waals surface area (Å²) in [6, 6.07) is 5.58. The third-order valence-electron chi connectivity index (χ3n) is 3.28. The lowest BCUT2D eigenvalue weighted by Gasteiger charge is -2.06. The number of benzene rings is 1. The van der Waals surface area contributed by atoms with Gasteiger partial charge in [-0.1, -0.05) is 11.6 Å². The topological polar surface area (TPSA) is 83.2 Å². The van der Waals surface area contributed by atoms with Gasteiger partial charge >= 0.3 is 0 Å². The molecule has 2 heterocycles. The van der Waals surface area contributed by atoms with Crippen LogP contribution in [0.25, 0.3) is 0 Å². The number of anilines is 1. The van der Waals surface area contributed by atoms with Gasteiger partial charge in [0.15, 0.2) is 12.4 Å². The third-order valence-corrected chi connectivity index (χ3v) is 3.57. The summed E-state index contributed by atoms with van der Waals surface area (Å²) >= 11 is 5.69. The molecule has 0 aliphatic heterocycles. The number of amides is 1. The summed E-state index contributed by atoms with van der Waals surface area (Å²) in [4.78, 5) is 12.2. The Morgan fingerprint density at radius 1 is 1.31 bits per heavy atom. The lowest BCUT2D eigenvalue weighted by Crippen LogP contribution is -2.14. The summed E-state index contributed by atoms with van der Waals surface area (Å²) < 4.78 is 26.5. The molecule has 0 bridgehead atoms. The van der Waals surface area contributed by atoms with Gasteiger partial charge in [-0.3, -0.25) is 4.79 Å². The van der Waals surface area contributed by atoms with Crippen LogP contribution < -0.4 is 10.1 Å². The minimum atomic E-state index is -0.522. The monoisotopic (exact) mass is 379 g/mol. The number of methoxy groups -OCH3 is 1. The Labute approximate surface area is 153 Å². The highest BCUT2D eigenvalue weighted by molar-refractivity contribution is 6.30. The minimum Gasteiger partial charge on any atom is -0.471 e. The number of hydrogen-bond donors (Lipinski definition) is 1. The van der Waals surface area contributed by atoms with E-state index in [9.17, 15) is 9.18 Å². The van der Waals surface area contributed by atoms with Crippen LogP contribution in [0, 0.1) is 5.82 Å². The van der Waals surface area contributed by atoms with Crippen molar-refractivity contribution in [3.05, 3.63) is 59.4 Å². The molecule has 3 rings (SSSR count). The summed E-state index contributed by atoms with van der Waals surface area (Å²) in [7, 11) is 1.55. The molecule has 8 nitrogen and oxygen atoms in total. The first-order valence-electron chi connectivity index (χ1n) is 7.49. The highest BCUT2D eigenvalue weighted by atomic mass is 35.5. The number of carbonyl (C=O) groups excluding carboxylic acids is 1. The number of nitrogens with one attached hydrogen (secondary N) is 1. The molecule has 2 aromatic heterocycles. The van der Waals surface area contributed by atoms with E-state index in [0.717, 1.165) is 0 Å². The first-order chi connectivity index (χ1) is 12.5. The van der Waals surface area contributed by atoms with Crippen molar-refractivity contribution in [2.75, 3.05) is 12.4 Å². The molecule has 1 aromatic carbocycles. The molecule has 0 aliphatic carbocycles. The fourth-order valence-corrected chi connectivity index (χ4v) is 2.26. The molecule has 0 spiro atoms. The van der Waals surface area contributed by atoms with Crippen LogP contribution in [-0.2, 0) is 18.2 Å². The Morgan fingerprint density at radius 3 is 2.92 bits per heavy atom. The molecule has 10 heteroatoms. The Balaban J connectivity index is 1.57. The van der Waals surface area contributed by atoms with E-state index in [2.05, 4.69) is 15.5 Å². The van der Waals surface area contributed by atoms with Crippen molar-refractivity contribution < 1.29 is 18.7 Å². The molecule has 136 valence electrons. The molecule has 0 fully saturated rings. The van der Waals surface area contributed by atoms with Crippen LogP contribution in [-0.4, -0.2) is 32.6 Å². The summed E-state index contributed by atoms with van der Waals surface area (Å²) in [6.45, 7) is 0.330. The van der Waals surface area contributed by atoms with E-state index in [1.54, 1.807) is 25.6 Å².